The molecule has 1 aromatic rings. The van der Waals surface area contributed by atoms with Gasteiger partial charge in [0.25, 0.3) is 0 Å². The molecule has 0 bridgehead atoms. The normalized spacial score (nSPS) is 11.2. The monoisotopic (exact) mass is 401 g/mol. The van der Waals surface area contributed by atoms with Crippen molar-refractivity contribution < 1.29 is 9.90 Å². The van der Waals surface area contributed by atoms with Crippen LogP contribution in [0.15, 0.2) is 36.4 Å². The standard InChI is InChI=1S/C26H43NO2/c1-2-3-4-5-6-7-8-9-10-11-12-13-14-15-16-17-26(29)27-23-22-24-18-20-25(28)21-19-24/h9-10,18-21,28H,2-8,11-17,22-23H2,1H3,(H,27,29)/b10-9-. The van der Waals surface area contributed by atoms with E-state index in [1.165, 1.54) is 70.6 Å². The molecule has 0 saturated heterocycles. The van der Waals surface area contributed by atoms with E-state index < -0.39 is 0 Å². The van der Waals surface area contributed by atoms with Crippen molar-refractivity contribution in [1.29, 1.82) is 0 Å². The van der Waals surface area contributed by atoms with E-state index in [1.54, 1.807) is 12.1 Å². The predicted octanol–water partition coefficient (Wildman–Crippen LogP) is 7.09. The zero-order valence-electron chi connectivity index (χ0n) is 18.6. The van der Waals surface area contributed by atoms with Gasteiger partial charge < -0.3 is 10.4 Å². The van der Waals surface area contributed by atoms with Crippen LogP contribution in [0.1, 0.15) is 102 Å². The van der Waals surface area contributed by atoms with E-state index in [9.17, 15) is 9.90 Å². The number of unbranched alkanes of at least 4 members (excludes halogenated alkanes) is 11. The molecule has 1 aromatic carbocycles. The van der Waals surface area contributed by atoms with Crippen molar-refractivity contribution in [2.45, 2.75) is 103 Å². The van der Waals surface area contributed by atoms with Crippen molar-refractivity contribution in [2.75, 3.05) is 6.54 Å². The third-order valence-electron chi connectivity index (χ3n) is 5.34. The maximum Gasteiger partial charge on any atom is 0.220 e. The van der Waals surface area contributed by atoms with Crippen LogP contribution in [-0.4, -0.2) is 17.6 Å². The van der Waals surface area contributed by atoms with Crippen LogP contribution in [-0.2, 0) is 11.2 Å². The molecule has 3 nitrogen and oxygen atoms in total. The van der Waals surface area contributed by atoms with Gasteiger partial charge in [0.15, 0.2) is 0 Å². The van der Waals surface area contributed by atoms with Crippen LogP contribution in [0.2, 0.25) is 0 Å². The summed E-state index contributed by atoms with van der Waals surface area (Å²) < 4.78 is 0. The fraction of sp³-hybridized carbons (Fsp3) is 0.654. The van der Waals surface area contributed by atoms with Gasteiger partial charge >= 0.3 is 0 Å². The second-order valence-corrected chi connectivity index (χ2v) is 8.10. The fourth-order valence-electron chi connectivity index (χ4n) is 3.45. The Bertz CT molecular complexity index is 536. The molecule has 0 atom stereocenters. The Morgan fingerprint density at radius 2 is 1.38 bits per heavy atom. The summed E-state index contributed by atoms with van der Waals surface area (Å²) in [7, 11) is 0. The number of allylic oxidation sites excluding steroid dienone is 2. The first-order chi connectivity index (χ1) is 14.2. The van der Waals surface area contributed by atoms with Gasteiger partial charge in [-0.05, 0) is 56.2 Å². The molecule has 1 amide bonds. The van der Waals surface area contributed by atoms with Gasteiger partial charge in [0, 0.05) is 13.0 Å². The Hall–Kier alpha value is -1.77. The highest BCUT2D eigenvalue weighted by molar-refractivity contribution is 5.75. The van der Waals surface area contributed by atoms with Crippen LogP contribution in [0.25, 0.3) is 0 Å². The molecule has 0 fully saturated rings. The fourth-order valence-corrected chi connectivity index (χ4v) is 3.45. The maximum absolute atomic E-state index is 11.9. The number of rotatable bonds is 18. The van der Waals surface area contributed by atoms with E-state index in [0.717, 1.165) is 24.8 Å². The van der Waals surface area contributed by atoms with E-state index in [-0.39, 0.29) is 11.7 Å². The topological polar surface area (TPSA) is 49.3 Å². The van der Waals surface area contributed by atoms with Crippen LogP contribution in [0, 0.1) is 0 Å². The number of phenols is 1. The van der Waals surface area contributed by atoms with Gasteiger partial charge in [0.2, 0.25) is 5.91 Å². The summed E-state index contributed by atoms with van der Waals surface area (Å²) in [6, 6.07) is 7.15. The Labute approximate surface area is 179 Å². The number of carbonyl (C=O) groups excluding carboxylic acids is 1. The van der Waals surface area contributed by atoms with Crippen molar-refractivity contribution in [3.63, 3.8) is 0 Å². The summed E-state index contributed by atoms with van der Waals surface area (Å²) in [5.41, 5.74) is 1.13. The van der Waals surface area contributed by atoms with Gasteiger partial charge in [0.1, 0.15) is 5.75 Å². The summed E-state index contributed by atoms with van der Waals surface area (Å²) in [5, 5.41) is 12.2. The lowest BCUT2D eigenvalue weighted by Gasteiger charge is -2.06. The van der Waals surface area contributed by atoms with E-state index in [4.69, 9.17) is 0 Å². The van der Waals surface area contributed by atoms with Crippen molar-refractivity contribution >= 4 is 5.91 Å². The molecule has 1 rings (SSSR count). The van der Waals surface area contributed by atoms with E-state index in [0.29, 0.717) is 13.0 Å². The molecule has 0 spiro atoms. The lowest BCUT2D eigenvalue weighted by molar-refractivity contribution is -0.121. The predicted molar refractivity (Wildman–Crippen MR) is 124 cm³/mol. The largest absolute Gasteiger partial charge is 0.508 e. The molecule has 29 heavy (non-hydrogen) atoms. The number of phenolic OH excluding ortho intramolecular Hbond substituents is 1. The second kappa shape index (κ2) is 18.3. The lowest BCUT2D eigenvalue weighted by Crippen LogP contribution is -2.25. The number of benzene rings is 1. The molecule has 2 N–H and O–H groups in total. The molecule has 164 valence electrons. The number of amides is 1. The first-order valence-corrected chi connectivity index (χ1v) is 11.9. The minimum absolute atomic E-state index is 0.154. The SMILES string of the molecule is CCCCCCCC/C=C\CCCCCCCC(=O)NCCc1ccc(O)cc1. The molecule has 0 heterocycles. The minimum Gasteiger partial charge on any atom is -0.508 e. The van der Waals surface area contributed by atoms with Crippen molar-refractivity contribution in [2.24, 2.45) is 0 Å². The number of carbonyl (C=O) groups is 1. The van der Waals surface area contributed by atoms with Crippen LogP contribution in [0.4, 0.5) is 0 Å². The highest BCUT2D eigenvalue weighted by Gasteiger charge is 2.01. The van der Waals surface area contributed by atoms with Gasteiger partial charge in [-0.1, -0.05) is 82.6 Å². The van der Waals surface area contributed by atoms with Gasteiger partial charge in [0.05, 0.1) is 0 Å². The van der Waals surface area contributed by atoms with Crippen molar-refractivity contribution in [1.82, 2.24) is 5.32 Å². The van der Waals surface area contributed by atoms with Crippen LogP contribution >= 0.6 is 0 Å². The summed E-state index contributed by atoms with van der Waals surface area (Å²) >= 11 is 0. The molecule has 0 aromatic heterocycles. The Morgan fingerprint density at radius 1 is 0.828 bits per heavy atom. The van der Waals surface area contributed by atoms with Gasteiger partial charge in [-0.25, -0.2) is 0 Å². The molecule has 0 aliphatic heterocycles. The zero-order valence-corrected chi connectivity index (χ0v) is 18.6. The zero-order chi connectivity index (χ0) is 21.0. The Kier molecular flexibility index (Phi) is 15.9. The van der Waals surface area contributed by atoms with Crippen molar-refractivity contribution in [3.8, 4) is 5.75 Å². The minimum atomic E-state index is 0.154. The van der Waals surface area contributed by atoms with Crippen LogP contribution in [0.3, 0.4) is 0 Å². The number of hydrogen-bond donors (Lipinski definition) is 2. The van der Waals surface area contributed by atoms with Gasteiger partial charge in [-0.3, -0.25) is 4.79 Å². The third-order valence-corrected chi connectivity index (χ3v) is 5.34. The molecule has 0 radical (unpaired) electrons. The highest BCUT2D eigenvalue weighted by atomic mass is 16.3. The second-order valence-electron chi connectivity index (χ2n) is 8.10. The summed E-state index contributed by atoms with van der Waals surface area (Å²) in [6.07, 6.45) is 22.7. The Balaban J connectivity index is 1.83. The van der Waals surface area contributed by atoms with E-state index in [1.807, 2.05) is 12.1 Å². The van der Waals surface area contributed by atoms with Gasteiger partial charge in [-0.15, -0.1) is 0 Å². The molecular weight excluding hydrogens is 358 g/mol. The smallest absolute Gasteiger partial charge is 0.220 e. The third kappa shape index (κ3) is 15.8. The molecule has 0 aliphatic carbocycles. The molecule has 0 aliphatic rings. The molecule has 0 unspecified atom stereocenters. The first-order valence-electron chi connectivity index (χ1n) is 11.9. The van der Waals surface area contributed by atoms with E-state index >= 15 is 0 Å². The number of hydrogen-bond acceptors (Lipinski definition) is 2. The van der Waals surface area contributed by atoms with E-state index in [2.05, 4.69) is 24.4 Å². The molecule has 0 saturated carbocycles. The summed E-state index contributed by atoms with van der Waals surface area (Å²) in [4.78, 5) is 11.9. The molecular formula is C26H43NO2. The number of nitrogens with one attached hydrogen (secondary N) is 1. The summed E-state index contributed by atoms with van der Waals surface area (Å²) in [5.74, 6) is 0.434. The van der Waals surface area contributed by atoms with Crippen molar-refractivity contribution in [3.05, 3.63) is 42.0 Å². The maximum atomic E-state index is 11.9. The quantitative estimate of drug-likeness (QED) is 0.204. The average Bonchev–Trinajstić information content (AvgIpc) is 2.72. The summed E-state index contributed by atoms with van der Waals surface area (Å²) in [6.45, 7) is 2.93. The van der Waals surface area contributed by atoms with Gasteiger partial charge in [-0.2, -0.15) is 0 Å². The van der Waals surface area contributed by atoms with Crippen LogP contribution in [0.5, 0.6) is 5.75 Å². The number of aromatic hydroxyl groups is 1. The average molecular weight is 402 g/mol. The highest BCUT2D eigenvalue weighted by Crippen LogP contribution is 2.11. The lowest BCUT2D eigenvalue weighted by atomic mass is 10.1. The van der Waals surface area contributed by atoms with Crippen LogP contribution < -0.4 is 5.32 Å². The Morgan fingerprint density at radius 3 is 2.00 bits per heavy atom. The first kappa shape index (κ1) is 25.3. The molecule has 3 heteroatoms.